The predicted molar refractivity (Wildman–Crippen MR) is 68.2 cm³/mol. The lowest BCUT2D eigenvalue weighted by Gasteiger charge is -2.04. The summed E-state index contributed by atoms with van der Waals surface area (Å²) in [7, 11) is 0. The summed E-state index contributed by atoms with van der Waals surface area (Å²) in [6, 6.07) is 13.1. The van der Waals surface area contributed by atoms with E-state index in [9.17, 15) is 5.11 Å². The molecular weight excluding hydrogens is 218 g/mol. The molecule has 1 N–H and O–H groups in total. The molecule has 0 radical (unpaired) electrons. The number of aromatic nitrogens is 1. The lowest BCUT2D eigenvalue weighted by molar-refractivity contribution is 0.481. The maximum atomic E-state index is 9.76. The average molecular weight is 227 g/mol. The molecule has 3 heteroatoms. The van der Waals surface area contributed by atoms with Gasteiger partial charge in [-0.05, 0) is 30.3 Å². The predicted octanol–water partition coefficient (Wildman–Crippen LogP) is 3.38. The third kappa shape index (κ3) is 1.32. The van der Waals surface area contributed by atoms with Crippen LogP contribution < -0.4 is 0 Å². The summed E-state index contributed by atoms with van der Waals surface area (Å²) in [5.74, 6) is 0.253. The molecule has 0 unspecified atom stereocenters. The minimum absolute atomic E-state index is 0.253. The van der Waals surface area contributed by atoms with Gasteiger partial charge in [0.25, 0.3) is 0 Å². The fourth-order valence-electron chi connectivity index (χ4n) is 1.85. The van der Waals surface area contributed by atoms with Crippen LogP contribution in [0.4, 0.5) is 0 Å². The molecule has 0 atom stereocenters. The van der Waals surface area contributed by atoms with Crippen LogP contribution in [0.2, 0.25) is 0 Å². The highest BCUT2D eigenvalue weighted by molar-refractivity contribution is 7.80. The zero-order valence-electron chi connectivity index (χ0n) is 8.38. The van der Waals surface area contributed by atoms with Crippen molar-refractivity contribution in [2.45, 2.75) is 4.90 Å². The molecule has 0 saturated heterocycles. The molecule has 0 aliphatic rings. The first-order chi connectivity index (χ1) is 7.75. The van der Waals surface area contributed by atoms with Gasteiger partial charge in [-0.15, -0.1) is 12.6 Å². The minimum atomic E-state index is 0.253. The molecule has 1 heterocycles. The Hall–Kier alpha value is -1.74. The van der Waals surface area contributed by atoms with Crippen molar-refractivity contribution in [3.05, 3.63) is 42.5 Å². The van der Waals surface area contributed by atoms with Gasteiger partial charge in [-0.3, -0.25) is 0 Å². The topological polar surface area (TPSA) is 33.1 Å². The highest BCUT2D eigenvalue weighted by Gasteiger charge is 2.04. The molecule has 0 aliphatic heterocycles. The van der Waals surface area contributed by atoms with Crippen molar-refractivity contribution in [1.82, 2.24) is 4.98 Å². The number of nitrogens with zero attached hydrogens (tertiary/aromatic N) is 1. The Kier molecular flexibility index (Phi) is 2.01. The van der Waals surface area contributed by atoms with Crippen molar-refractivity contribution in [2.75, 3.05) is 0 Å². The summed E-state index contributed by atoms with van der Waals surface area (Å²) in [6.07, 6.45) is 0. The Morgan fingerprint density at radius 3 is 2.44 bits per heavy atom. The average Bonchev–Trinajstić information content (AvgIpc) is 2.28. The highest BCUT2D eigenvalue weighted by atomic mass is 32.1. The van der Waals surface area contributed by atoms with Gasteiger partial charge in [-0.25, -0.2) is 4.98 Å². The maximum Gasteiger partial charge on any atom is 0.124 e. The van der Waals surface area contributed by atoms with Gasteiger partial charge in [0.2, 0.25) is 0 Å². The van der Waals surface area contributed by atoms with Gasteiger partial charge in [0.15, 0.2) is 0 Å². The lowest BCUT2D eigenvalue weighted by atomic mass is 10.1. The molecule has 2 nitrogen and oxygen atoms in total. The normalized spacial score (nSPS) is 11.1. The second kappa shape index (κ2) is 3.39. The van der Waals surface area contributed by atoms with Crippen molar-refractivity contribution < 1.29 is 5.11 Å². The van der Waals surface area contributed by atoms with E-state index in [1.54, 1.807) is 12.1 Å². The first kappa shape index (κ1) is 9.48. The van der Waals surface area contributed by atoms with E-state index in [4.69, 9.17) is 0 Å². The molecule has 0 fully saturated rings. The van der Waals surface area contributed by atoms with Crippen molar-refractivity contribution in [1.29, 1.82) is 0 Å². The first-order valence-electron chi connectivity index (χ1n) is 4.96. The third-order valence-electron chi connectivity index (χ3n) is 2.65. The fourth-order valence-corrected chi connectivity index (χ4v) is 2.11. The summed E-state index contributed by atoms with van der Waals surface area (Å²) in [5.41, 5.74) is 1.69. The van der Waals surface area contributed by atoms with Gasteiger partial charge in [0.1, 0.15) is 5.75 Å². The van der Waals surface area contributed by atoms with Crippen molar-refractivity contribution in [2.24, 2.45) is 0 Å². The SMILES string of the molecule is Oc1cccc2nc3cccc(S)c3cc12. The largest absolute Gasteiger partial charge is 0.507 e. The Morgan fingerprint density at radius 1 is 0.938 bits per heavy atom. The molecular formula is C13H9NOS. The molecule has 1 aromatic heterocycles. The van der Waals surface area contributed by atoms with Gasteiger partial charge in [0, 0.05) is 15.7 Å². The Labute approximate surface area is 98.0 Å². The molecule has 0 bridgehead atoms. The van der Waals surface area contributed by atoms with E-state index in [0.717, 1.165) is 26.7 Å². The second-order valence-electron chi connectivity index (χ2n) is 3.68. The van der Waals surface area contributed by atoms with Gasteiger partial charge in [0.05, 0.1) is 11.0 Å². The number of fused-ring (bicyclic) bond motifs is 2. The van der Waals surface area contributed by atoms with E-state index in [1.807, 2.05) is 30.3 Å². The standard InChI is InChI=1S/C13H9NOS/c15-12-5-1-3-10-8(12)7-9-11(14-10)4-2-6-13(9)16/h1-7,15-16H. The molecule has 78 valence electrons. The smallest absolute Gasteiger partial charge is 0.124 e. The van der Waals surface area contributed by atoms with Gasteiger partial charge in [-0.2, -0.15) is 0 Å². The Morgan fingerprint density at radius 2 is 1.62 bits per heavy atom. The van der Waals surface area contributed by atoms with Crippen LogP contribution in [0.3, 0.4) is 0 Å². The van der Waals surface area contributed by atoms with Crippen molar-refractivity contribution >= 4 is 34.4 Å². The molecule has 0 saturated carbocycles. The molecule has 2 aromatic carbocycles. The monoisotopic (exact) mass is 227 g/mol. The van der Waals surface area contributed by atoms with Crippen LogP contribution in [0.5, 0.6) is 5.75 Å². The number of hydrogen-bond acceptors (Lipinski definition) is 3. The second-order valence-corrected chi connectivity index (χ2v) is 4.16. The molecule has 0 spiro atoms. The highest BCUT2D eigenvalue weighted by Crippen LogP contribution is 2.29. The van der Waals surface area contributed by atoms with Gasteiger partial charge in [-0.1, -0.05) is 12.1 Å². The van der Waals surface area contributed by atoms with Crippen molar-refractivity contribution in [3.63, 3.8) is 0 Å². The van der Waals surface area contributed by atoms with E-state index < -0.39 is 0 Å². The van der Waals surface area contributed by atoms with E-state index in [1.165, 1.54) is 0 Å². The zero-order chi connectivity index (χ0) is 11.1. The number of pyridine rings is 1. The molecule has 3 aromatic rings. The van der Waals surface area contributed by atoms with Crippen LogP contribution >= 0.6 is 12.6 Å². The summed E-state index contributed by atoms with van der Waals surface area (Å²) >= 11 is 4.39. The number of rotatable bonds is 0. The molecule has 16 heavy (non-hydrogen) atoms. The van der Waals surface area contributed by atoms with Gasteiger partial charge < -0.3 is 5.11 Å². The van der Waals surface area contributed by atoms with E-state index in [2.05, 4.69) is 17.6 Å². The lowest BCUT2D eigenvalue weighted by Crippen LogP contribution is -1.83. The molecule has 3 rings (SSSR count). The third-order valence-corrected chi connectivity index (χ3v) is 3.04. The molecule has 0 amide bonds. The van der Waals surface area contributed by atoms with E-state index >= 15 is 0 Å². The molecule has 0 aliphatic carbocycles. The number of phenols is 1. The van der Waals surface area contributed by atoms with Crippen LogP contribution in [-0.2, 0) is 0 Å². The fraction of sp³-hybridized carbons (Fsp3) is 0. The maximum absolute atomic E-state index is 9.76. The minimum Gasteiger partial charge on any atom is -0.507 e. The van der Waals surface area contributed by atoms with Crippen LogP contribution in [0.25, 0.3) is 21.8 Å². The number of thiol groups is 1. The summed E-state index contributed by atoms with van der Waals surface area (Å²) < 4.78 is 0. The number of phenolic OH excluding ortho intramolecular Hbond substituents is 1. The number of aromatic hydroxyl groups is 1. The Balaban J connectivity index is 2.55. The Bertz CT molecular complexity index is 637. The van der Waals surface area contributed by atoms with Crippen LogP contribution in [0.15, 0.2) is 47.4 Å². The van der Waals surface area contributed by atoms with Crippen LogP contribution in [0.1, 0.15) is 0 Å². The van der Waals surface area contributed by atoms with Gasteiger partial charge >= 0.3 is 0 Å². The zero-order valence-corrected chi connectivity index (χ0v) is 9.28. The van der Waals surface area contributed by atoms with Crippen LogP contribution in [0, 0.1) is 0 Å². The van der Waals surface area contributed by atoms with E-state index in [-0.39, 0.29) is 5.75 Å². The van der Waals surface area contributed by atoms with Crippen LogP contribution in [-0.4, -0.2) is 10.1 Å². The summed E-state index contributed by atoms with van der Waals surface area (Å²) in [4.78, 5) is 5.36. The summed E-state index contributed by atoms with van der Waals surface area (Å²) in [6.45, 7) is 0. The number of benzene rings is 2. The van der Waals surface area contributed by atoms with Crippen molar-refractivity contribution in [3.8, 4) is 5.75 Å². The first-order valence-corrected chi connectivity index (χ1v) is 5.41. The quantitative estimate of drug-likeness (QED) is 0.456. The number of hydrogen-bond donors (Lipinski definition) is 2. The van der Waals surface area contributed by atoms with E-state index in [0.29, 0.717) is 0 Å². The summed E-state index contributed by atoms with van der Waals surface area (Å²) in [5, 5.41) is 11.5.